The fourth-order valence-corrected chi connectivity index (χ4v) is 3.52. The van der Waals surface area contributed by atoms with Gasteiger partial charge in [-0.05, 0) is 29.9 Å². The summed E-state index contributed by atoms with van der Waals surface area (Å²) in [6, 6.07) is 17.5. The zero-order chi connectivity index (χ0) is 22.0. The number of aromatic amines is 1. The molecule has 4 aromatic rings. The third-order valence-electron chi connectivity index (χ3n) is 5.87. The maximum Gasteiger partial charge on any atom is 0.274 e. The second-order valence-electron chi connectivity index (χ2n) is 8.37. The minimum atomic E-state index is -0.214. The smallest absolute Gasteiger partial charge is 0.274 e. The van der Waals surface area contributed by atoms with Gasteiger partial charge in [-0.15, -0.1) is 0 Å². The quantitative estimate of drug-likeness (QED) is 0.464. The summed E-state index contributed by atoms with van der Waals surface area (Å²) >= 11 is 0. The molecule has 0 radical (unpaired) electrons. The molecule has 0 atom stereocenters. The van der Waals surface area contributed by atoms with E-state index in [1.807, 2.05) is 36.4 Å². The van der Waals surface area contributed by atoms with Crippen LogP contribution in [0.4, 0.5) is 0 Å². The summed E-state index contributed by atoms with van der Waals surface area (Å²) in [5.74, 6) is 1.77. The highest BCUT2D eigenvalue weighted by Gasteiger charge is 2.23. The summed E-state index contributed by atoms with van der Waals surface area (Å²) in [6.45, 7) is 8.98. The van der Waals surface area contributed by atoms with Crippen LogP contribution in [0.25, 0.3) is 17.2 Å². The number of fused-ring (bicyclic) bond motifs is 1. The monoisotopic (exact) mass is 416 g/mol. The van der Waals surface area contributed by atoms with Gasteiger partial charge in [0.2, 0.25) is 0 Å². The molecule has 160 valence electrons. The highest BCUT2D eigenvalue weighted by molar-refractivity contribution is 5.56. The van der Waals surface area contributed by atoms with Crippen molar-refractivity contribution in [1.82, 2.24) is 19.6 Å². The number of H-pyrrole nitrogens is 1. The van der Waals surface area contributed by atoms with Crippen molar-refractivity contribution in [2.24, 2.45) is 0 Å². The van der Waals surface area contributed by atoms with Gasteiger partial charge in [0.25, 0.3) is 11.3 Å². The zero-order valence-corrected chi connectivity index (χ0v) is 18.5. The summed E-state index contributed by atoms with van der Waals surface area (Å²) in [5.41, 5.74) is 3.69. The van der Waals surface area contributed by atoms with E-state index < -0.39 is 0 Å². The predicted octanol–water partition coefficient (Wildman–Crippen LogP) is 4.91. The van der Waals surface area contributed by atoms with Crippen LogP contribution in [-0.4, -0.2) is 19.6 Å². The van der Waals surface area contributed by atoms with Crippen LogP contribution in [0.15, 0.2) is 59.4 Å². The van der Waals surface area contributed by atoms with Crippen LogP contribution in [0.1, 0.15) is 50.9 Å². The van der Waals surface area contributed by atoms with Gasteiger partial charge in [-0.25, -0.2) is 4.98 Å². The number of ether oxygens (including phenoxy) is 1. The number of aromatic nitrogens is 4. The van der Waals surface area contributed by atoms with E-state index in [-0.39, 0.29) is 17.6 Å². The molecule has 0 saturated carbocycles. The van der Waals surface area contributed by atoms with E-state index >= 15 is 0 Å². The lowest BCUT2D eigenvalue weighted by Gasteiger charge is -2.26. The van der Waals surface area contributed by atoms with Crippen molar-refractivity contribution in [1.29, 1.82) is 0 Å². The Kier molecular flexibility index (Phi) is 5.63. The van der Waals surface area contributed by atoms with E-state index in [9.17, 15) is 4.79 Å². The molecule has 2 aromatic carbocycles. The van der Waals surface area contributed by atoms with Gasteiger partial charge in [0, 0.05) is 17.2 Å². The Morgan fingerprint density at radius 3 is 2.52 bits per heavy atom. The lowest BCUT2D eigenvalue weighted by molar-refractivity contribution is 0.290. The molecule has 6 heteroatoms. The van der Waals surface area contributed by atoms with Crippen molar-refractivity contribution < 1.29 is 4.74 Å². The lowest BCUT2D eigenvalue weighted by Crippen LogP contribution is -2.19. The molecule has 0 aliphatic carbocycles. The van der Waals surface area contributed by atoms with E-state index in [2.05, 4.69) is 54.9 Å². The summed E-state index contributed by atoms with van der Waals surface area (Å²) in [4.78, 5) is 21.6. The van der Waals surface area contributed by atoms with E-state index in [0.717, 1.165) is 24.2 Å². The normalized spacial score (nSPS) is 11.7. The molecule has 4 rings (SSSR count). The average Bonchev–Trinajstić information content (AvgIpc) is 3.23. The third-order valence-corrected chi connectivity index (χ3v) is 5.87. The zero-order valence-electron chi connectivity index (χ0n) is 18.5. The Bertz CT molecular complexity index is 1260. The molecule has 0 unspecified atom stereocenters. The van der Waals surface area contributed by atoms with Gasteiger partial charge in [-0.2, -0.15) is 9.50 Å². The van der Waals surface area contributed by atoms with Crippen molar-refractivity contribution >= 4 is 5.78 Å². The Morgan fingerprint density at radius 1 is 1.03 bits per heavy atom. The Morgan fingerprint density at radius 2 is 1.81 bits per heavy atom. The van der Waals surface area contributed by atoms with Crippen LogP contribution in [0.2, 0.25) is 0 Å². The molecule has 1 N–H and O–H groups in total. The van der Waals surface area contributed by atoms with Crippen molar-refractivity contribution in [3.05, 3.63) is 81.8 Å². The molecule has 31 heavy (non-hydrogen) atoms. The highest BCUT2D eigenvalue weighted by atomic mass is 16.5. The first-order chi connectivity index (χ1) is 14.9. The van der Waals surface area contributed by atoms with Crippen LogP contribution in [0.3, 0.4) is 0 Å². The van der Waals surface area contributed by atoms with Crippen LogP contribution < -0.4 is 10.3 Å². The first kappa shape index (κ1) is 20.8. The van der Waals surface area contributed by atoms with Crippen LogP contribution >= 0.6 is 0 Å². The summed E-state index contributed by atoms with van der Waals surface area (Å²) in [7, 11) is 0. The van der Waals surface area contributed by atoms with Crippen molar-refractivity contribution in [3.8, 4) is 17.1 Å². The number of hydrogen-bond donors (Lipinski definition) is 1. The third kappa shape index (κ3) is 4.24. The lowest BCUT2D eigenvalue weighted by atomic mass is 9.81. The number of nitrogens with zero attached hydrogens (tertiary/aromatic N) is 3. The summed E-state index contributed by atoms with van der Waals surface area (Å²) < 4.78 is 7.51. The van der Waals surface area contributed by atoms with Gasteiger partial charge < -0.3 is 4.74 Å². The van der Waals surface area contributed by atoms with Crippen molar-refractivity contribution in [3.63, 3.8) is 0 Å². The Hall–Kier alpha value is -3.41. The highest BCUT2D eigenvalue weighted by Crippen LogP contribution is 2.35. The van der Waals surface area contributed by atoms with Crippen LogP contribution in [0.5, 0.6) is 5.75 Å². The number of nitrogens with one attached hydrogen (secondary N) is 1. The van der Waals surface area contributed by atoms with Gasteiger partial charge in [0.05, 0.1) is 5.69 Å². The standard InChI is InChI=1S/C25H28N4O2/c1-5-17-12-13-21(20(14-17)25(3,4)6-2)31-16-19-15-22(30)29-24(26-19)27-23(28-29)18-10-8-7-9-11-18/h7-15H,5-6,16H2,1-4H3,(H,26,27,28). The van der Waals surface area contributed by atoms with E-state index in [4.69, 9.17) is 4.74 Å². The van der Waals surface area contributed by atoms with Crippen LogP contribution in [0, 0.1) is 0 Å². The largest absolute Gasteiger partial charge is 0.487 e. The minimum absolute atomic E-state index is 0.00970. The topological polar surface area (TPSA) is 72.3 Å². The molecule has 0 spiro atoms. The van der Waals surface area contributed by atoms with Gasteiger partial charge in [-0.1, -0.05) is 70.2 Å². The number of hydrogen-bond acceptors (Lipinski definition) is 4. The molecule has 2 heterocycles. The number of rotatable bonds is 7. The molecule has 0 amide bonds. The van der Waals surface area contributed by atoms with Gasteiger partial charge in [0.15, 0.2) is 5.82 Å². The molecule has 2 aromatic heterocycles. The van der Waals surface area contributed by atoms with Gasteiger partial charge in [-0.3, -0.25) is 9.89 Å². The van der Waals surface area contributed by atoms with Crippen LogP contribution in [-0.2, 0) is 18.4 Å². The molecule has 0 aliphatic heterocycles. The predicted molar refractivity (Wildman–Crippen MR) is 123 cm³/mol. The molecular weight excluding hydrogens is 388 g/mol. The SMILES string of the molecule is CCc1ccc(OCc2cc(=O)n3[nH]c(-c4ccccc4)nc3n2)c(C(C)(C)CC)c1. The first-order valence-electron chi connectivity index (χ1n) is 10.7. The molecular formula is C25H28N4O2. The molecule has 0 aliphatic rings. The fourth-order valence-electron chi connectivity index (χ4n) is 3.52. The molecule has 0 bridgehead atoms. The van der Waals surface area contributed by atoms with E-state index in [1.54, 1.807) is 0 Å². The van der Waals surface area contributed by atoms with E-state index in [0.29, 0.717) is 17.3 Å². The Balaban J connectivity index is 1.63. The Labute approximate surface area is 181 Å². The average molecular weight is 417 g/mol. The minimum Gasteiger partial charge on any atom is -0.487 e. The van der Waals surface area contributed by atoms with Crippen molar-refractivity contribution in [2.45, 2.75) is 52.6 Å². The molecule has 0 fully saturated rings. The van der Waals surface area contributed by atoms with Gasteiger partial charge >= 0.3 is 0 Å². The second kappa shape index (κ2) is 8.38. The number of benzene rings is 2. The summed E-state index contributed by atoms with van der Waals surface area (Å²) in [5, 5.41) is 3.02. The van der Waals surface area contributed by atoms with E-state index in [1.165, 1.54) is 21.7 Å². The number of aryl methyl sites for hydroxylation is 1. The summed E-state index contributed by atoms with van der Waals surface area (Å²) in [6.07, 6.45) is 1.97. The molecule has 0 saturated heterocycles. The van der Waals surface area contributed by atoms with Gasteiger partial charge in [0.1, 0.15) is 12.4 Å². The fraction of sp³-hybridized carbons (Fsp3) is 0.320. The maximum atomic E-state index is 12.6. The second-order valence-corrected chi connectivity index (χ2v) is 8.37. The maximum absolute atomic E-state index is 12.6. The molecule has 6 nitrogen and oxygen atoms in total. The first-order valence-corrected chi connectivity index (χ1v) is 10.7. The van der Waals surface area contributed by atoms with Crippen molar-refractivity contribution in [2.75, 3.05) is 0 Å².